The van der Waals surface area contributed by atoms with E-state index in [1.54, 1.807) is 0 Å². The molecule has 0 radical (unpaired) electrons. The number of hydrogen-bond acceptors (Lipinski definition) is 4. The van der Waals surface area contributed by atoms with Gasteiger partial charge in [-0.1, -0.05) is 28.8 Å². The second kappa shape index (κ2) is 6.07. The summed E-state index contributed by atoms with van der Waals surface area (Å²) in [7, 11) is -4.21. The maximum Gasteiger partial charge on any atom is 0.417 e. The molecule has 2 rings (SSSR count). The zero-order valence-electron chi connectivity index (χ0n) is 11.0. The van der Waals surface area contributed by atoms with Gasteiger partial charge in [-0.3, -0.25) is 0 Å². The van der Waals surface area contributed by atoms with Crippen LogP contribution in [0.5, 0.6) is 0 Å². The Morgan fingerprint density at radius 1 is 1.22 bits per heavy atom. The molecule has 0 aliphatic rings. The lowest BCUT2D eigenvalue weighted by molar-refractivity contribution is -0.137. The van der Waals surface area contributed by atoms with Crippen molar-refractivity contribution in [3.8, 4) is 0 Å². The van der Waals surface area contributed by atoms with Gasteiger partial charge in [0, 0.05) is 16.8 Å². The van der Waals surface area contributed by atoms with E-state index in [4.69, 9.17) is 17.1 Å². The molecule has 1 aromatic heterocycles. The molecule has 0 unspecified atom stereocenters. The Bertz CT molecular complexity index is 892. The quantitative estimate of drug-likeness (QED) is 0.456. The van der Waals surface area contributed by atoms with Gasteiger partial charge in [0.15, 0.2) is 5.03 Å². The Balaban J connectivity index is 2.49. The lowest BCUT2D eigenvalue weighted by Crippen LogP contribution is -2.10. The van der Waals surface area contributed by atoms with E-state index in [-0.39, 0.29) is 10.6 Å². The molecule has 11 heteroatoms. The summed E-state index contributed by atoms with van der Waals surface area (Å²) in [6.07, 6.45) is -4.29. The van der Waals surface area contributed by atoms with E-state index >= 15 is 0 Å². The van der Waals surface area contributed by atoms with E-state index in [1.165, 1.54) is 12.1 Å². The van der Waals surface area contributed by atoms with Gasteiger partial charge in [0.1, 0.15) is 0 Å². The van der Waals surface area contributed by atoms with E-state index in [0.717, 1.165) is 12.1 Å². The van der Waals surface area contributed by atoms with Crippen LogP contribution < -0.4 is 0 Å². The molecular formula is C12H6ClF3N4O2S. The largest absolute Gasteiger partial charge is 0.417 e. The van der Waals surface area contributed by atoms with Crippen molar-refractivity contribution in [2.45, 2.75) is 16.1 Å². The van der Waals surface area contributed by atoms with Gasteiger partial charge >= 0.3 is 6.18 Å². The van der Waals surface area contributed by atoms with Gasteiger partial charge in [0.2, 0.25) is 9.84 Å². The van der Waals surface area contributed by atoms with Gasteiger partial charge in [-0.25, -0.2) is 13.4 Å². The number of benzene rings is 1. The second-order valence-electron chi connectivity index (χ2n) is 4.20. The Morgan fingerprint density at radius 3 is 2.30 bits per heavy atom. The minimum absolute atomic E-state index is 0.179. The Morgan fingerprint density at radius 2 is 1.83 bits per heavy atom. The standard InChI is InChI=1S/C12H6ClF3N4O2S/c13-10-5-7(12(14,15)16)6-18-11(10)23(21,22)9-3-1-8(2-4-9)19-20-17/h1-6H. The first-order valence-electron chi connectivity index (χ1n) is 5.79. The normalized spacial score (nSPS) is 11.8. The summed E-state index contributed by atoms with van der Waals surface area (Å²) in [5, 5.41) is 1.95. The molecule has 0 saturated heterocycles. The third-order valence-electron chi connectivity index (χ3n) is 2.70. The highest BCUT2D eigenvalue weighted by Crippen LogP contribution is 2.33. The number of halogens is 4. The van der Waals surface area contributed by atoms with Gasteiger partial charge in [-0.2, -0.15) is 13.2 Å². The summed E-state index contributed by atoms with van der Waals surface area (Å²) < 4.78 is 62.4. The maximum absolute atomic E-state index is 12.5. The first-order valence-corrected chi connectivity index (χ1v) is 7.65. The number of alkyl halides is 3. The van der Waals surface area contributed by atoms with Crippen LogP contribution in [0.25, 0.3) is 10.4 Å². The SMILES string of the molecule is [N-]=[N+]=Nc1ccc(S(=O)(=O)c2ncc(C(F)(F)F)cc2Cl)cc1. The average Bonchev–Trinajstić information content (AvgIpc) is 2.47. The van der Waals surface area contributed by atoms with Gasteiger partial charge in [0.05, 0.1) is 15.5 Å². The molecule has 1 aromatic carbocycles. The Hall–Kier alpha value is -2.29. The molecule has 2 aromatic rings. The minimum Gasteiger partial charge on any atom is -0.242 e. The number of azide groups is 1. The first kappa shape index (κ1) is 17.1. The van der Waals surface area contributed by atoms with Crippen molar-refractivity contribution in [2.75, 3.05) is 0 Å². The number of nitrogens with zero attached hydrogens (tertiary/aromatic N) is 4. The lowest BCUT2D eigenvalue weighted by Gasteiger charge is -2.10. The van der Waals surface area contributed by atoms with Crippen LogP contribution in [0, 0.1) is 0 Å². The van der Waals surface area contributed by atoms with Crippen LogP contribution in [0.2, 0.25) is 5.02 Å². The van der Waals surface area contributed by atoms with Gasteiger partial charge < -0.3 is 0 Å². The molecule has 0 fully saturated rings. The summed E-state index contributed by atoms with van der Waals surface area (Å²) in [6.45, 7) is 0. The molecule has 120 valence electrons. The maximum atomic E-state index is 12.5. The highest BCUT2D eigenvalue weighted by molar-refractivity contribution is 7.91. The molecule has 0 bridgehead atoms. The highest BCUT2D eigenvalue weighted by Gasteiger charge is 2.33. The van der Waals surface area contributed by atoms with Crippen LogP contribution in [0.3, 0.4) is 0 Å². The predicted molar refractivity (Wildman–Crippen MR) is 74.9 cm³/mol. The number of sulfone groups is 1. The smallest absolute Gasteiger partial charge is 0.242 e. The average molecular weight is 363 g/mol. The Kier molecular flexibility index (Phi) is 4.51. The van der Waals surface area contributed by atoms with Crippen molar-refractivity contribution in [1.82, 2.24) is 4.98 Å². The molecule has 0 aliphatic carbocycles. The second-order valence-corrected chi connectivity index (χ2v) is 6.47. The van der Waals surface area contributed by atoms with Crippen LogP contribution in [0.1, 0.15) is 5.56 Å². The van der Waals surface area contributed by atoms with Gasteiger partial charge in [0.25, 0.3) is 0 Å². The fourth-order valence-corrected chi connectivity index (χ4v) is 3.33. The van der Waals surface area contributed by atoms with E-state index in [0.29, 0.717) is 12.3 Å². The molecule has 0 saturated carbocycles. The fourth-order valence-electron chi connectivity index (χ4n) is 1.63. The van der Waals surface area contributed by atoms with Crippen LogP contribution in [0.15, 0.2) is 51.6 Å². The zero-order valence-corrected chi connectivity index (χ0v) is 12.6. The van der Waals surface area contributed by atoms with E-state index in [9.17, 15) is 21.6 Å². The van der Waals surface area contributed by atoms with Crippen LogP contribution in [0.4, 0.5) is 18.9 Å². The fraction of sp³-hybridized carbons (Fsp3) is 0.0833. The van der Waals surface area contributed by atoms with E-state index in [1.807, 2.05) is 0 Å². The molecule has 23 heavy (non-hydrogen) atoms. The molecular weight excluding hydrogens is 357 g/mol. The number of hydrogen-bond donors (Lipinski definition) is 0. The summed E-state index contributed by atoms with van der Waals surface area (Å²) in [4.78, 5) is 5.62. The lowest BCUT2D eigenvalue weighted by atomic mass is 10.3. The van der Waals surface area contributed by atoms with Crippen molar-refractivity contribution in [2.24, 2.45) is 5.11 Å². The third-order valence-corrected chi connectivity index (χ3v) is 4.82. The number of pyridine rings is 1. The summed E-state index contributed by atoms with van der Waals surface area (Å²) in [6, 6.07) is 5.25. The summed E-state index contributed by atoms with van der Waals surface area (Å²) in [5.41, 5.74) is 7.30. The van der Waals surface area contributed by atoms with Crippen molar-refractivity contribution in [1.29, 1.82) is 0 Å². The first-order chi connectivity index (χ1) is 10.7. The number of aromatic nitrogens is 1. The van der Waals surface area contributed by atoms with Crippen molar-refractivity contribution >= 4 is 27.1 Å². The molecule has 0 spiro atoms. The monoisotopic (exact) mass is 362 g/mol. The zero-order chi connectivity index (χ0) is 17.3. The molecule has 1 heterocycles. The molecule has 0 N–H and O–H groups in total. The van der Waals surface area contributed by atoms with E-state index < -0.39 is 31.6 Å². The van der Waals surface area contributed by atoms with Crippen molar-refractivity contribution in [3.05, 3.63) is 57.6 Å². The third kappa shape index (κ3) is 3.55. The molecule has 0 atom stereocenters. The van der Waals surface area contributed by atoms with Crippen molar-refractivity contribution in [3.63, 3.8) is 0 Å². The Labute approximate surface area is 133 Å². The van der Waals surface area contributed by atoms with Gasteiger partial charge in [-0.15, -0.1) is 0 Å². The molecule has 0 amide bonds. The van der Waals surface area contributed by atoms with Crippen molar-refractivity contribution < 1.29 is 21.6 Å². The van der Waals surface area contributed by atoms with Crippen LogP contribution >= 0.6 is 11.6 Å². The minimum atomic E-state index is -4.68. The van der Waals surface area contributed by atoms with Crippen LogP contribution in [-0.2, 0) is 16.0 Å². The number of rotatable bonds is 3. The summed E-state index contributed by atoms with van der Waals surface area (Å²) in [5.74, 6) is 0. The summed E-state index contributed by atoms with van der Waals surface area (Å²) >= 11 is 5.64. The van der Waals surface area contributed by atoms with Gasteiger partial charge in [-0.05, 0) is 23.7 Å². The molecule has 6 nitrogen and oxygen atoms in total. The van der Waals surface area contributed by atoms with E-state index in [2.05, 4.69) is 15.0 Å². The molecule has 0 aliphatic heterocycles. The van der Waals surface area contributed by atoms with Crippen LogP contribution in [-0.4, -0.2) is 13.4 Å². The predicted octanol–water partition coefficient (Wildman–Crippen LogP) is 4.53. The topological polar surface area (TPSA) is 95.8 Å². The highest BCUT2D eigenvalue weighted by atomic mass is 35.5.